The third-order valence-corrected chi connectivity index (χ3v) is 4.10. The van der Waals surface area contributed by atoms with Crippen LogP contribution in [0.4, 0.5) is 0 Å². The molecule has 0 heterocycles. The van der Waals surface area contributed by atoms with Crippen molar-refractivity contribution in [1.29, 1.82) is 0 Å². The Kier molecular flexibility index (Phi) is 5.90. The molecular weight excluding hydrogens is 336 g/mol. The number of carbonyl (C=O) groups excluding carboxylic acids is 2. The normalized spacial score (nSPS) is 11.1. The van der Waals surface area contributed by atoms with Gasteiger partial charge >= 0.3 is 0 Å². The first kappa shape index (κ1) is 18.3. The highest BCUT2D eigenvalue weighted by molar-refractivity contribution is 6.16. The molecule has 0 aliphatic carbocycles. The first-order valence-electron chi connectivity index (χ1n) is 8.71. The van der Waals surface area contributed by atoms with E-state index in [1.807, 2.05) is 67.6 Å². The molecule has 0 unspecified atom stereocenters. The molecule has 0 radical (unpaired) electrons. The van der Waals surface area contributed by atoms with Gasteiger partial charge in [-0.05, 0) is 24.6 Å². The van der Waals surface area contributed by atoms with Crippen LogP contribution in [0.25, 0.3) is 0 Å². The quantitative estimate of drug-likeness (QED) is 0.404. The van der Waals surface area contributed by atoms with Crippen molar-refractivity contribution in [1.82, 2.24) is 5.43 Å². The number of nitrogens with one attached hydrogen (secondary N) is 1. The molecule has 0 aromatic heterocycles. The second-order valence-electron chi connectivity index (χ2n) is 6.20. The summed E-state index contributed by atoms with van der Waals surface area (Å²) in [4.78, 5) is 25.0. The number of aryl methyl sites for hydroxylation is 1. The number of carbonyl (C=O) groups is 2. The lowest BCUT2D eigenvalue weighted by molar-refractivity contribution is 0.0951. The van der Waals surface area contributed by atoms with Crippen LogP contribution in [-0.2, 0) is 0 Å². The second kappa shape index (κ2) is 8.72. The summed E-state index contributed by atoms with van der Waals surface area (Å²) in [6.07, 6.45) is 0.0993. The number of nitrogens with zero attached hydrogens (tertiary/aromatic N) is 1. The van der Waals surface area contributed by atoms with Crippen LogP contribution in [0.1, 0.15) is 38.3 Å². The van der Waals surface area contributed by atoms with Crippen molar-refractivity contribution >= 4 is 17.4 Å². The van der Waals surface area contributed by atoms with Crippen molar-refractivity contribution in [3.63, 3.8) is 0 Å². The average Bonchev–Trinajstić information content (AvgIpc) is 2.72. The van der Waals surface area contributed by atoms with Gasteiger partial charge in [-0.25, -0.2) is 5.43 Å². The first-order valence-corrected chi connectivity index (χ1v) is 8.71. The van der Waals surface area contributed by atoms with Gasteiger partial charge in [0, 0.05) is 11.1 Å². The van der Waals surface area contributed by atoms with Gasteiger partial charge < -0.3 is 0 Å². The SMILES string of the molecule is Cc1cccc(C(=O)N/N=C(\CC(=O)c2ccccc2)c2ccccc2)c1. The van der Waals surface area contributed by atoms with Gasteiger partial charge in [-0.1, -0.05) is 78.4 Å². The lowest BCUT2D eigenvalue weighted by atomic mass is 10.0. The predicted molar refractivity (Wildman–Crippen MR) is 107 cm³/mol. The molecule has 1 amide bonds. The van der Waals surface area contributed by atoms with Crippen LogP contribution in [0, 0.1) is 6.92 Å². The zero-order valence-corrected chi connectivity index (χ0v) is 15.1. The standard InChI is InChI=1S/C23H20N2O2/c1-17-9-8-14-20(15-17)23(27)25-24-21(18-10-4-2-5-11-18)16-22(26)19-12-6-3-7-13-19/h2-15H,16H2,1H3,(H,25,27)/b24-21+. The summed E-state index contributed by atoms with van der Waals surface area (Å²) < 4.78 is 0. The number of Topliss-reactive ketones (excluding diaryl/α,β-unsaturated/α-hetero) is 1. The molecule has 0 spiro atoms. The van der Waals surface area contributed by atoms with Gasteiger partial charge in [-0.2, -0.15) is 5.10 Å². The minimum atomic E-state index is -0.306. The van der Waals surface area contributed by atoms with E-state index in [1.54, 1.807) is 24.3 Å². The number of hydrazone groups is 1. The van der Waals surface area contributed by atoms with Gasteiger partial charge in [0.15, 0.2) is 5.78 Å². The zero-order chi connectivity index (χ0) is 19.1. The van der Waals surface area contributed by atoms with Crippen molar-refractivity contribution < 1.29 is 9.59 Å². The van der Waals surface area contributed by atoms with E-state index >= 15 is 0 Å². The Balaban J connectivity index is 1.83. The minimum Gasteiger partial charge on any atom is -0.294 e. The fourth-order valence-electron chi connectivity index (χ4n) is 2.68. The van der Waals surface area contributed by atoms with E-state index in [9.17, 15) is 9.59 Å². The molecule has 3 aromatic carbocycles. The van der Waals surface area contributed by atoms with Crippen molar-refractivity contribution in [2.45, 2.75) is 13.3 Å². The van der Waals surface area contributed by atoms with E-state index in [1.165, 1.54) is 0 Å². The highest BCUT2D eigenvalue weighted by Gasteiger charge is 2.13. The minimum absolute atomic E-state index is 0.0528. The van der Waals surface area contributed by atoms with Crippen LogP contribution < -0.4 is 5.43 Å². The van der Waals surface area contributed by atoms with Crippen LogP contribution in [-0.4, -0.2) is 17.4 Å². The van der Waals surface area contributed by atoms with Crippen molar-refractivity contribution in [2.24, 2.45) is 5.10 Å². The maximum Gasteiger partial charge on any atom is 0.271 e. The Hall–Kier alpha value is -3.53. The summed E-state index contributed by atoms with van der Waals surface area (Å²) in [6, 6.07) is 25.7. The molecule has 0 atom stereocenters. The van der Waals surface area contributed by atoms with Gasteiger partial charge in [0.2, 0.25) is 0 Å². The first-order chi connectivity index (χ1) is 13.1. The summed E-state index contributed by atoms with van der Waals surface area (Å²) in [5.74, 6) is -0.359. The molecule has 3 rings (SSSR count). The Morgan fingerprint density at radius 2 is 1.37 bits per heavy atom. The third-order valence-electron chi connectivity index (χ3n) is 4.10. The smallest absolute Gasteiger partial charge is 0.271 e. The largest absolute Gasteiger partial charge is 0.294 e. The maximum absolute atomic E-state index is 12.6. The van der Waals surface area contributed by atoms with Crippen molar-refractivity contribution in [3.8, 4) is 0 Å². The van der Waals surface area contributed by atoms with Crippen LogP contribution in [0.2, 0.25) is 0 Å². The van der Waals surface area contributed by atoms with Gasteiger partial charge in [-0.15, -0.1) is 0 Å². The Morgan fingerprint density at radius 1 is 0.778 bits per heavy atom. The third kappa shape index (κ3) is 4.98. The van der Waals surface area contributed by atoms with E-state index in [0.29, 0.717) is 16.8 Å². The summed E-state index contributed by atoms with van der Waals surface area (Å²) in [7, 11) is 0. The van der Waals surface area contributed by atoms with E-state index in [2.05, 4.69) is 10.5 Å². The van der Waals surface area contributed by atoms with Gasteiger partial charge in [0.05, 0.1) is 12.1 Å². The molecule has 4 heteroatoms. The lowest BCUT2D eigenvalue weighted by Crippen LogP contribution is -2.21. The molecule has 0 aliphatic rings. The Morgan fingerprint density at radius 3 is 2.00 bits per heavy atom. The van der Waals surface area contributed by atoms with Crippen molar-refractivity contribution in [2.75, 3.05) is 0 Å². The molecule has 0 saturated carbocycles. The van der Waals surface area contributed by atoms with E-state index < -0.39 is 0 Å². The molecule has 0 bridgehead atoms. The predicted octanol–water partition coefficient (Wildman–Crippen LogP) is 4.40. The van der Waals surface area contributed by atoms with Crippen LogP contribution in [0.5, 0.6) is 0 Å². The molecule has 134 valence electrons. The summed E-state index contributed by atoms with van der Waals surface area (Å²) in [5, 5.41) is 4.26. The average molecular weight is 356 g/mol. The number of rotatable bonds is 6. The number of benzene rings is 3. The highest BCUT2D eigenvalue weighted by atomic mass is 16.2. The lowest BCUT2D eigenvalue weighted by Gasteiger charge is -2.08. The van der Waals surface area contributed by atoms with E-state index in [-0.39, 0.29) is 18.1 Å². The molecule has 3 aromatic rings. The van der Waals surface area contributed by atoms with E-state index in [0.717, 1.165) is 11.1 Å². The molecule has 4 nitrogen and oxygen atoms in total. The van der Waals surface area contributed by atoms with Crippen LogP contribution in [0.15, 0.2) is 90.0 Å². The number of hydrogen-bond acceptors (Lipinski definition) is 3. The second-order valence-corrected chi connectivity index (χ2v) is 6.20. The maximum atomic E-state index is 12.6. The number of ketones is 1. The van der Waals surface area contributed by atoms with Crippen LogP contribution >= 0.6 is 0 Å². The molecule has 0 saturated heterocycles. The summed E-state index contributed by atoms with van der Waals surface area (Å²) in [6.45, 7) is 1.92. The monoisotopic (exact) mass is 356 g/mol. The molecule has 1 N–H and O–H groups in total. The summed E-state index contributed by atoms with van der Waals surface area (Å²) in [5.41, 5.74) is 6.03. The van der Waals surface area contributed by atoms with Crippen molar-refractivity contribution in [3.05, 3.63) is 107 Å². The van der Waals surface area contributed by atoms with Gasteiger partial charge in [0.25, 0.3) is 5.91 Å². The number of hydrogen-bond donors (Lipinski definition) is 1. The zero-order valence-electron chi connectivity index (χ0n) is 15.1. The highest BCUT2D eigenvalue weighted by Crippen LogP contribution is 2.10. The van der Waals surface area contributed by atoms with Gasteiger partial charge in [0.1, 0.15) is 0 Å². The fraction of sp³-hybridized carbons (Fsp3) is 0.0870. The van der Waals surface area contributed by atoms with Crippen LogP contribution in [0.3, 0.4) is 0 Å². The molecule has 0 aliphatic heterocycles. The number of amides is 1. The topological polar surface area (TPSA) is 58.5 Å². The Labute approximate surface area is 158 Å². The van der Waals surface area contributed by atoms with Gasteiger partial charge in [-0.3, -0.25) is 9.59 Å². The molecular formula is C23H20N2O2. The van der Waals surface area contributed by atoms with E-state index in [4.69, 9.17) is 0 Å². The molecule has 0 fully saturated rings. The fourth-order valence-corrected chi connectivity index (χ4v) is 2.68. The molecule has 27 heavy (non-hydrogen) atoms. The Bertz CT molecular complexity index is 964. The summed E-state index contributed by atoms with van der Waals surface area (Å²) >= 11 is 0.